The van der Waals surface area contributed by atoms with Crippen LogP contribution in [0.4, 0.5) is 0 Å². The summed E-state index contributed by atoms with van der Waals surface area (Å²) in [5.41, 5.74) is 8.19. The van der Waals surface area contributed by atoms with Crippen molar-refractivity contribution in [3.8, 4) is 10.4 Å². The lowest BCUT2D eigenvalue weighted by Crippen LogP contribution is -2.29. The van der Waals surface area contributed by atoms with Crippen molar-refractivity contribution in [1.82, 2.24) is 10.3 Å². The van der Waals surface area contributed by atoms with E-state index in [9.17, 15) is 4.79 Å². The molecule has 0 bridgehead atoms. The predicted octanol–water partition coefficient (Wildman–Crippen LogP) is 2.57. The largest absolute Gasteiger partial charge is 0.349 e. The van der Waals surface area contributed by atoms with Crippen LogP contribution in [0.3, 0.4) is 0 Å². The minimum atomic E-state index is -0.225. The minimum absolute atomic E-state index is 0. The van der Waals surface area contributed by atoms with Crippen LogP contribution in [0.15, 0.2) is 29.8 Å². The van der Waals surface area contributed by atoms with Crippen LogP contribution in [0.25, 0.3) is 10.4 Å². The van der Waals surface area contributed by atoms with Gasteiger partial charge in [-0.2, -0.15) is 0 Å². The van der Waals surface area contributed by atoms with Gasteiger partial charge in [0.1, 0.15) is 5.69 Å². The maximum atomic E-state index is 11.9. The average Bonchev–Trinajstić information content (AvgIpc) is 2.85. The number of rotatable bonds is 4. The summed E-state index contributed by atoms with van der Waals surface area (Å²) in [7, 11) is 0. The van der Waals surface area contributed by atoms with Crippen LogP contribution in [-0.2, 0) is 0 Å². The summed E-state index contributed by atoms with van der Waals surface area (Å²) in [5, 5.41) is 3.31. The van der Waals surface area contributed by atoms with Gasteiger partial charge in [-0.15, -0.1) is 23.7 Å². The summed E-state index contributed by atoms with van der Waals surface area (Å²) < 4.78 is 0. The summed E-state index contributed by atoms with van der Waals surface area (Å²) in [6, 6.07) is 7.39. The molecule has 2 aromatic rings. The van der Waals surface area contributed by atoms with Gasteiger partial charge in [0, 0.05) is 23.7 Å². The number of carbonyl (C=O) groups is 1. The van der Waals surface area contributed by atoms with E-state index in [0.717, 1.165) is 10.4 Å². The molecular weight excluding hydrogens is 305 g/mol. The first kappa shape index (κ1) is 15.9. The number of carbonyl (C=O) groups excluding carboxylic acids is 1. The molecular formula is C12H13Cl2N3OS. The standard InChI is InChI=1S/C12H12ClN3OS.ClH/c13-9-4-2-1-3-8(9)11-10(16-7-18-11)12(17)15-6-5-14;/h1-4,7H,5-6,14H2,(H,15,17);1H. The molecule has 4 nitrogen and oxygen atoms in total. The van der Waals surface area contributed by atoms with Crippen LogP contribution in [-0.4, -0.2) is 24.0 Å². The summed E-state index contributed by atoms with van der Waals surface area (Å²) in [4.78, 5) is 16.8. The lowest BCUT2D eigenvalue weighted by molar-refractivity contribution is 0.0951. The number of aromatic nitrogens is 1. The number of benzene rings is 1. The first-order chi connectivity index (χ1) is 8.74. The molecule has 0 saturated carbocycles. The molecule has 1 aromatic carbocycles. The molecule has 0 aliphatic rings. The number of hydrogen-bond donors (Lipinski definition) is 2. The van der Waals surface area contributed by atoms with Crippen molar-refractivity contribution in [3.63, 3.8) is 0 Å². The molecule has 19 heavy (non-hydrogen) atoms. The van der Waals surface area contributed by atoms with Gasteiger partial charge < -0.3 is 11.1 Å². The molecule has 2 rings (SSSR count). The van der Waals surface area contributed by atoms with Crippen molar-refractivity contribution < 1.29 is 4.79 Å². The van der Waals surface area contributed by atoms with E-state index >= 15 is 0 Å². The molecule has 1 aromatic heterocycles. The monoisotopic (exact) mass is 317 g/mol. The SMILES string of the molecule is Cl.NCCNC(=O)c1ncsc1-c1ccccc1Cl. The highest BCUT2D eigenvalue weighted by atomic mass is 35.5. The van der Waals surface area contributed by atoms with Gasteiger partial charge in [0.2, 0.25) is 0 Å². The van der Waals surface area contributed by atoms with E-state index in [0.29, 0.717) is 23.8 Å². The molecule has 7 heteroatoms. The van der Waals surface area contributed by atoms with Crippen molar-refractivity contribution in [2.75, 3.05) is 13.1 Å². The highest BCUT2D eigenvalue weighted by Crippen LogP contribution is 2.33. The van der Waals surface area contributed by atoms with E-state index in [1.54, 1.807) is 11.6 Å². The quantitative estimate of drug-likeness (QED) is 0.910. The fourth-order valence-electron chi connectivity index (χ4n) is 1.51. The third-order valence-corrected chi connectivity index (χ3v) is 3.52. The van der Waals surface area contributed by atoms with Gasteiger partial charge in [-0.1, -0.05) is 29.8 Å². The molecule has 0 spiro atoms. The molecule has 1 amide bonds. The molecule has 0 fully saturated rings. The van der Waals surface area contributed by atoms with E-state index in [4.69, 9.17) is 17.3 Å². The van der Waals surface area contributed by atoms with E-state index in [2.05, 4.69) is 10.3 Å². The molecule has 0 aliphatic heterocycles. The number of amides is 1. The van der Waals surface area contributed by atoms with Crippen LogP contribution >= 0.6 is 35.3 Å². The number of hydrogen-bond acceptors (Lipinski definition) is 4. The first-order valence-electron chi connectivity index (χ1n) is 5.40. The third-order valence-electron chi connectivity index (χ3n) is 2.33. The van der Waals surface area contributed by atoms with Gasteiger partial charge in [-0.3, -0.25) is 4.79 Å². The van der Waals surface area contributed by atoms with Gasteiger partial charge in [0.05, 0.1) is 10.4 Å². The minimum Gasteiger partial charge on any atom is -0.349 e. The van der Waals surface area contributed by atoms with E-state index < -0.39 is 0 Å². The zero-order valence-electron chi connectivity index (χ0n) is 9.93. The lowest BCUT2D eigenvalue weighted by atomic mass is 10.1. The number of thiazole rings is 1. The van der Waals surface area contributed by atoms with Crippen molar-refractivity contribution in [2.24, 2.45) is 5.73 Å². The second-order valence-electron chi connectivity index (χ2n) is 3.55. The second kappa shape index (κ2) is 7.45. The molecule has 0 radical (unpaired) electrons. The number of nitrogens with two attached hydrogens (primary N) is 1. The summed E-state index contributed by atoms with van der Waals surface area (Å²) in [5.74, 6) is -0.225. The molecule has 0 unspecified atom stereocenters. The number of nitrogens with one attached hydrogen (secondary N) is 1. The van der Waals surface area contributed by atoms with Gasteiger partial charge in [0.25, 0.3) is 5.91 Å². The molecule has 0 atom stereocenters. The number of halogens is 2. The maximum absolute atomic E-state index is 11.9. The van der Waals surface area contributed by atoms with E-state index in [-0.39, 0.29) is 18.3 Å². The van der Waals surface area contributed by atoms with Crippen LogP contribution in [0.5, 0.6) is 0 Å². The Morgan fingerprint density at radius 3 is 2.84 bits per heavy atom. The fraction of sp³-hybridized carbons (Fsp3) is 0.167. The zero-order chi connectivity index (χ0) is 13.0. The Bertz CT molecular complexity index is 559. The molecule has 102 valence electrons. The van der Waals surface area contributed by atoms with E-state index in [1.165, 1.54) is 11.3 Å². The van der Waals surface area contributed by atoms with Gasteiger partial charge in [-0.05, 0) is 6.07 Å². The summed E-state index contributed by atoms with van der Waals surface area (Å²) in [6.07, 6.45) is 0. The van der Waals surface area contributed by atoms with Crippen molar-refractivity contribution in [3.05, 3.63) is 40.5 Å². The van der Waals surface area contributed by atoms with Crippen LogP contribution in [0, 0.1) is 0 Å². The molecule has 0 saturated heterocycles. The Balaban J connectivity index is 0.00000180. The van der Waals surface area contributed by atoms with Crippen molar-refractivity contribution in [2.45, 2.75) is 0 Å². The van der Waals surface area contributed by atoms with Crippen LogP contribution < -0.4 is 11.1 Å². The van der Waals surface area contributed by atoms with Gasteiger partial charge in [-0.25, -0.2) is 4.98 Å². The Hall–Kier alpha value is -1.14. The van der Waals surface area contributed by atoms with Crippen LogP contribution in [0.1, 0.15) is 10.5 Å². The maximum Gasteiger partial charge on any atom is 0.271 e. The van der Waals surface area contributed by atoms with Crippen molar-refractivity contribution >= 4 is 41.3 Å². The summed E-state index contributed by atoms with van der Waals surface area (Å²) >= 11 is 7.51. The zero-order valence-corrected chi connectivity index (χ0v) is 12.3. The smallest absolute Gasteiger partial charge is 0.271 e. The molecule has 1 heterocycles. The normalized spacial score (nSPS) is 9.79. The fourth-order valence-corrected chi connectivity index (χ4v) is 2.63. The predicted molar refractivity (Wildman–Crippen MR) is 81.2 cm³/mol. The van der Waals surface area contributed by atoms with Gasteiger partial charge >= 0.3 is 0 Å². The van der Waals surface area contributed by atoms with Crippen molar-refractivity contribution in [1.29, 1.82) is 0 Å². The van der Waals surface area contributed by atoms with Gasteiger partial charge in [0.15, 0.2) is 0 Å². The third kappa shape index (κ3) is 3.67. The summed E-state index contributed by atoms with van der Waals surface area (Å²) in [6.45, 7) is 0.829. The average molecular weight is 318 g/mol. The first-order valence-corrected chi connectivity index (χ1v) is 6.66. The lowest BCUT2D eigenvalue weighted by Gasteiger charge is -2.05. The highest BCUT2D eigenvalue weighted by Gasteiger charge is 2.17. The topological polar surface area (TPSA) is 68.0 Å². The Morgan fingerprint density at radius 1 is 1.42 bits per heavy atom. The second-order valence-corrected chi connectivity index (χ2v) is 4.82. The Labute approximate surface area is 126 Å². The Morgan fingerprint density at radius 2 is 2.16 bits per heavy atom. The van der Waals surface area contributed by atoms with Crippen LogP contribution in [0.2, 0.25) is 5.02 Å². The molecule has 0 aliphatic carbocycles. The number of nitrogens with zero attached hydrogens (tertiary/aromatic N) is 1. The molecule has 3 N–H and O–H groups in total. The Kier molecular flexibility index (Phi) is 6.24. The van der Waals surface area contributed by atoms with E-state index in [1.807, 2.05) is 18.2 Å². The highest BCUT2D eigenvalue weighted by molar-refractivity contribution is 7.13.